The van der Waals surface area contributed by atoms with Crippen LogP contribution in [-0.4, -0.2) is 19.7 Å². The largest absolute Gasteiger partial charge is 0.484 e. The molecule has 0 aliphatic heterocycles. The summed E-state index contributed by atoms with van der Waals surface area (Å²) in [5, 5.41) is 14.6. The number of ether oxygens (including phenoxy) is 1. The molecule has 0 atom stereocenters. The van der Waals surface area contributed by atoms with E-state index >= 15 is 0 Å². The van der Waals surface area contributed by atoms with E-state index in [1.807, 2.05) is 0 Å². The zero-order valence-corrected chi connectivity index (χ0v) is 10.2. The average molecular weight is 269 g/mol. The molecule has 1 heterocycles. The van der Waals surface area contributed by atoms with Crippen LogP contribution in [0, 0.1) is 10.1 Å². The van der Waals surface area contributed by atoms with Gasteiger partial charge in [0.25, 0.3) is 5.69 Å². The molecule has 0 bridgehead atoms. The van der Waals surface area contributed by atoms with Crippen LogP contribution >= 0.6 is 11.6 Å². The molecule has 1 aromatic carbocycles. The summed E-state index contributed by atoms with van der Waals surface area (Å²) in [6.07, 6.45) is 1.41. The lowest BCUT2D eigenvalue weighted by Crippen LogP contribution is -2.04. The van der Waals surface area contributed by atoms with Gasteiger partial charge in [-0.2, -0.15) is 5.10 Å². The Hall–Kier alpha value is -2.15. The molecule has 1 aromatic heterocycles. The molecule has 8 heteroatoms. The number of rotatable bonds is 4. The van der Waals surface area contributed by atoms with E-state index in [9.17, 15) is 10.1 Å². The first-order valence-corrected chi connectivity index (χ1v) is 5.35. The summed E-state index contributed by atoms with van der Waals surface area (Å²) in [5.74, 6) is 0.995. The third-order valence-electron chi connectivity index (χ3n) is 2.29. The van der Waals surface area contributed by atoms with Gasteiger partial charge in [0.05, 0.1) is 9.95 Å². The van der Waals surface area contributed by atoms with Gasteiger partial charge < -0.3 is 4.74 Å². The SMILES string of the molecule is Cn1ncnc1COc1ccc([N+](=O)[O-])cc1Cl. The van der Waals surface area contributed by atoms with Crippen LogP contribution in [0.3, 0.4) is 0 Å². The van der Waals surface area contributed by atoms with E-state index in [-0.39, 0.29) is 17.3 Å². The van der Waals surface area contributed by atoms with Crippen LogP contribution in [0.2, 0.25) is 5.02 Å². The van der Waals surface area contributed by atoms with Gasteiger partial charge in [-0.1, -0.05) is 11.6 Å². The second kappa shape index (κ2) is 5.01. The fraction of sp³-hybridized carbons (Fsp3) is 0.200. The van der Waals surface area contributed by atoms with Crippen molar-refractivity contribution in [1.29, 1.82) is 0 Å². The van der Waals surface area contributed by atoms with Crippen molar-refractivity contribution in [3.63, 3.8) is 0 Å². The maximum Gasteiger partial charge on any atom is 0.271 e. The van der Waals surface area contributed by atoms with Crippen molar-refractivity contribution in [2.24, 2.45) is 7.05 Å². The van der Waals surface area contributed by atoms with Gasteiger partial charge in [0.2, 0.25) is 0 Å². The van der Waals surface area contributed by atoms with Gasteiger partial charge in [-0.25, -0.2) is 4.98 Å². The molecule has 0 unspecified atom stereocenters. The van der Waals surface area contributed by atoms with Crippen LogP contribution in [0.1, 0.15) is 5.82 Å². The minimum Gasteiger partial charge on any atom is -0.484 e. The van der Waals surface area contributed by atoms with Gasteiger partial charge in [-0.05, 0) is 6.07 Å². The van der Waals surface area contributed by atoms with E-state index in [2.05, 4.69) is 10.1 Å². The number of halogens is 1. The first kappa shape index (κ1) is 12.3. The molecule has 2 aromatic rings. The zero-order valence-electron chi connectivity index (χ0n) is 9.41. The topological polar surface area (TPSA) is 83.1 Å². The number of hydrogen-bond acceptors (Lipinski definition) is 5. The molecule has 0 fully saturated rings. The Morgan fingerprint density at radius 2 is 2.33 bits per heavy atom. The van der Waals surface area contributed by atoms with Crippen molar-refractivity contribution in [2.75, 3.05) is 0 Å². The zero-order chi connectivity index (χ0) is 13.1. The fourth-order valence-corrected chi connectivity index (χ4v) is 1.54. The molecule has 0 N–H and O–H groups in total. The third kappa shape index (κ3) is 2.57. The lowest BCUT2D eigenvalue weighted by Gasteiger charge is -2.06. The molecule has 0 aliphatic rings. The van der Waals surface area contributed by atoms with E-state index in [0.29, 0.717) is 11.6 Å². The lowest BCUT2D eigenvalue weighted by molar-refractivity contribution is -0.384. The second-order valence-corrected chi connectivity index (χ2v) is 3.87. The van der Waals surface area contributed by atoms with Crippen LogP contribution in [0.4, 0.5) is 5.69 Å². The number of nitro groups is 1. The van der Waals surface area contributed by atoms with Crippen molar-refractivity contribution >= 4 is 17.3 Å². The molecule has 0 amide bonds. The highest BCUT2D eigenvalue weighted by Crippen LogP contribution is 2.28. The molecular weight excluding hydrogens is 260 g/mol. The fourth-order valence-electron chi connectivity index (χ4n) is 1.31. The monoisotopic (exact) mass is 268 g/mol. The van der Waals surface area contributed by atoms with E-state index in [4.69, 9.17) is 16.3 Å². The highest BCUT2D eigenvalue weighted by molar-refractivity contribution is 6.32. The Balaban J connectivity index is 2.11. The first-order valence-electron chi connectivity index (χ1n) is 4.97. The minimum absolute atomic E-state index is 0.0778. The summed E-state index contributed by atoms with van der Waals surface area (Å²) in [7, 11) is 1.74. The Bertz CT molecular complexity index is 584. The van der Waals surface area contributed by atoms with Gasteiger partial charge in [0.15, 0.2) is 5.82 Å². The van der Waals surface area contributed by atoms with Crippen LogP contribution < -0.4 is 4.74 Å². The molecular formula is C10H9ClN4O3. The van der Waals surface area contributed by atoms with Crippen LogP contribution in [0.25, 0.3) is 0 Å². The maximum absolute atomic E-state index is 10.5. The number of nitrogens with zero attached hydrogens (tertiary/aromatic N) is 4. The van der Waals surface area contributed by atoms with Gasteiger partial charge in [-0.15, -0.1) is 0 Å². The summed E-state index contributed by atoms with van der Waals surface area (Å²) in [6.45, 7) is 0.189. The van der Waals surface area contributed by atoms with Gasteiger partial charge >= 0.3 is 0 Å². The molecule has 0 aliphatic carbocycles. The molecule has 0 radical (unpaired) electrons. The highest BCUT2D eigenvalue weighted by atomic mass is 35.5. The first-order chi connectivity index (χ1) is 8.58. The second-order valence-electron chi connectivity index (χ2n) is 3.46. The smallest absolute Gasteiger partial charge is 0.271 e. The number of benzene rings is 1. The number of aromatic nitrogens is 3. The van der Waals surface area contributed by atoms with Crippen molar-refractivity contribution in [2.45, 2.75) is 6.61 Å². The maximum atomic E-state index is 10.5. The molecule has 18 heavy (non-hydrogen) atoms. The van der Waals surface area contributed by atoms with Crippen molar-refractivity contribution in [3.05, 3.63) is 45.5 Å². The summed E-state index contributed by atoms with van der Waals surface area (Å²) in [5.41, 5.74) is -0.0778. The number of hydrogen-bond donors (Lipinski definition) is 0. The van der Waals surface area contributed by atoms with E-state index < -0.39 is 4.92 Å². The summed E-state index contributed by atoms with van der Waals surface area (Å²) < 4.78 is 6.99. The van der Waals surface area contributed by atoms with Crippen molar-refractivity contribution < 1.29 is 9.66 Å². The molecule has 94 valence electrons. The molecule has 2 rings (SSSR count). The van der Waals surface area contributed by atoms with Crippen LogP contribution in [0.5, 0.6) is 5.75 Å². The van der Waals surface area contributed by atoms with E-state index in [1.165, 1.54) is 24.5 Å². The lowest BCUT2D eigenvalue weighted by atomic mass is 10.3. The predicted octanol–water partition coefficient (Wildman–Crippen LogP) is 1.96. The third-order valence-corrected chi connectivity index (χ3v) is 2.58. The van der Waals surface area contributed by atoms with Crippen LogP contribution in [0.15, 0.2) is 24.5 Å². The van der Waals surface area contributed by atoms with Crippen molar-refractivity contribution in [1.82, 2.24) is 14.8 Å². The number of nitro benzene ring substituents is 1. The Morgan fingerprint density at radius 1 is 1.56 bits per heavy atom. The normalized spacial score (nSPS) is 10.3. The Kier molecular flexibility index (Phi) is 3.42. The van der Waals surface area contributed by atoms with Crippen molar-refractivity contribution in [3.8, 4) is 5.75 Å². The number of aryl methyl sites for hydroxylation is 1. The quantitative estimate of drug-likeness (QED) is 0.625. The molecule has 0 saturated carbocycles. The summed E-state index contributed by atoms with van der Waals surface area (Å²) in [6, 6.07) is 4.03. The highest BCUT2D eigenvalue weighted by Gasteiger charge is 2.11. The molecule has 0 saturated heterocycles. The Morgan fingerprint density at radius 3 is 2.89 bits per heavy atom. The van der Waals surface area contributed by atoms with Crippen LogP contribution in [-0.2, 0) is 13.7 Å². The molecule has 7 nitrogen and oxygen atoms in total. The number of non-ortho nitro benzene ring substituents is 1. The average Bonchev–Trinajstić information content (AvgIpc) is 2.73. The summed E-state index contributed by atoms with van der Waals surface area (Å²) >= 11 is 5.88. The minimum atomic E-state index is -0.516. The Labute approximate surface area is 107 Å². The van der Waals surface area contributed by atoms with E-state index in [1.54, 1.807) is 11.7 Å². The summed E-state index contributed by atoms with van der Waals surface area (Å²) in [4.78, 5) is 14.0. The van der Waals surface area contributed by atoms with Gasteiger partial charge in [0, 0.05) is 19.2 Å². The van der Waals surface area contributed by atoms with Gasteiger partial charge in [0.1, 0.15) is 18.7 Å². The van der Waals surface area contributed by atoms with Gasteiger partial charge in [-0.3, -0.25) is 14.8 Å². The molecule has 0 spiro atoms. The standard InChI is InChI=1S/C10H9ClN4O3/c1-14-10(12-6-13-14)5-18-9-3-2-7(15(16)17)4-8(9)11/h2-4,6H,5H2,1H3. The van der Waals surface area contributed by atoms with E-state index in [0.717, 1.165) is 0 Å². The predicted molar refractivity (Wildman–Crippen MR) is 63.4 cm³/mol.